The van der Waals surface area contributed by atoms with Crippen molar-refractivity contribution in [2.45, 2.75) is 18.7 Å². The molecule has 3 rings (SSSR count). The molecule has 1 aliphatic rings. The predicted molar refractivity (Wildman–Crippen MR) is 117 cm³/mol. The number of Topliss-reactive ketones (excluding diaryl/α,β-unsaturated/α-hetero) is 1. The number of hydrogen-bond donors (Lipinski definition) is 1. The lowest BCUT2D eigenvalue weighted by molar-refractivity contribution is -0.128. The van der Waals surface area contributed by atoms with E-state index in [1.54, 1.807) is 29.2 Å². The van der Waals surface area contributed by atoms with Gasteiger partial charge in [0.15, 0.2) is 5.78 Å². The maximum atomic E-state index is 14.4. The van der Waals surface area contributed by atoms with E-state index in [9.17, 15) is 18.8 Å². The number of rotatable bonds is 6. The van der Waals surface area contributed by atoms with Gasteiger partial charge in [-0.2, -0.15) is 0 Å². The molecule has 0 spiro atoms. The molecule has 0 radical (unpaired) electrons. The van der Waals surface area contributed by atoms with E-state index in [0.717, 1.165) is 10.6 Å². The summed E-state index contributed by atoms with van der Waals surface area (Å²) in [6.45, 7) is 4.99. The van der Waals surface area contributed by atoms with Crippen molar-refractivity contribution in [1.29, 1.82) is 0 Å². The SMILES string of the molecule is CC(=O)Nc1ccc(SCC(=O)N2CCN(c3ccc(C(C)=O)cc3F)CC2)cc1. The number of benzene rings is 2. The van der Waals surface area contributed by atoms with Gasteiger partial charge in [0.05, 0.1) is 11.4 Å². The highest BCUT2D eigenvalue weighted by atomic mass is 32.2. The zero-order valence-corrected chi connectivity index (χ0v) is 17.8. The van der Waals surface area contributed by atoms with Crippen molar-refractivity contribution in [2.75, 3.05) is 42.1 Å². The van der Waals surface area contributed by atoms with Crippen LogP contribution in [0.4, 0.5) is 15.8 Å². The number of carbonyl (C=O) groups excluding carboxylic acids is 3. The summed E-state index contributed by atoms with van der Waals surface area (Å²) in [4.78, 5) is 39.6. The van der Waals surface area contributed by atoms with Crippen molar-refractivity contribution in [1.82, 2.24) is 4.90 Å². The van der Waals surface area contributed by atoms with Gasteiger partial charge in [-0.3, -0.25) is 14.4 Å². The molecule has 158 valence electrons. The van der Waals surface area contributed by atoms with Gasteiger partial charge in [-0.25, -0.2) is 4.39 Å². The zero-order chi connectivity index (χ0) is 21.7. The first-order chi connectivity index (χ1) is 14.3. The fraction of sp³-hybridized carbons (Fsp3) is 0.318. The van der Waals surface area contributed by atoms with Gasteiger partial charge >= 0.3 is 0 Å². The average Bonchev–Trinajstić information content (AvgIpc) is 2.72. The van der Waals surface area contributed by atoms with E-state index >= 15 is 0 Å². The topological polar surface area (TPSA) is 69.7 Å². The second kappa shape index (κ2) is 9.75. The molecule has 2 amide bonds. The number of amides is 2. The standard InChI is InChI=1S/C22H24FN3O3S/c1-15(27)17-3-8-21(20(23)13-17)25-9-11-26(12-10-25)22(29)14-30-19-6-4-18(5-7-19)24-16(2)28/h3-8,13H,9-12,14H2,1-2H3,(H,24,28). The lowest BCUT2D eigenvalue weighted by Crippen LogP contribution is -2.49. The van der Waals surface area contributed by atoms with Crippen LogP contribution in [0.25, 0.3) is 0 Å². The third-order valence-corrected chi connectivity index (χ3v) is 5.86. The average molecular weight is 430 g/mol. The van der Waals surface area contributed by atoms with E-state index in [1.165, 1.54) is 31.7 Å². The molecular weight excluding hydrogens is 405 g/mol. The van der Waals surface area contributed by atoms with Gasteiger partial charge in [0, 0.05) is 49.2 Å². The summed E-state index contributed by atoms with van der Waals surface area (Å²) in [6.07, 6.45) is 0. The minimum absolute atomic E-state index is 0.0398. The van der Waals surface area contributed by atoms with Crippen LogP contribution in [0.1, 0.15) is 24.2 Å². The van der Waals surface area contributed by atoms with Crippen molar-refractivity contribution in [2.24, 2.45) is 0 Å². The Balaban J connectivity index is 1.49. The van der Waals surface area contributed by atoms with Crippen LogP contribution >= 0.6 is 11.8 Å². The highest BCUT2D eigenvalue weighted by Crippen LogP contribution is 2.24. The maximum Gasteiger partial charge on any atom is 0.233 e. The minimum Gasteiger partial charge on any atom is -0.366 e. The summed E-state index contributed by atoms with van der Waals surface area (Å²) in [5, 5.41) is 2.71. The van der Waals surface area contributed by atoms with Crippen LogP contribution in [0, 0.1) is 5.82 Å². The Bertz CT molecular complexity index is 941. The quantitative estimate of drug-likeness (QED) is 0.563. The van der Waals surface area contributed by atoms with Crippen molar-refractivity contribution in [3.63, 3.8) is 0 Å². The number of hydrogen-bond acceptors (Lipinski definition) is 5. The second-order valence-corrected chi connectivity index (χ2v) is 8.13. The summed E-state index contributed by atoms with van der Waals surface area (Å²) in [6, 6.07) is 11.9. The predicted octanol–water partition coefficient (Wildman–Crippen LogP) is 3.43. The van der Waals surface area contributed by atoms with E-state index in [-0.39, 0.29) is 17.6 Å². The Hall–Kier alpha value is -2.87. The molecule has 30 heavy (non-hydrogen) atoms. The Morgan fingerprint density at radius 3 is 2.23 bits per heavy atom. The third-order valence-electron chi connectivity index (χ3n) is 4.86. The van der Waals surface area contributed by atoms with Gasteiger partial charge in [0.25, 0.3) is 0 Å². The molecule has 1 aliphatic heterocycles. The highest BCUT2D eigenvalue weighted by molar-refractivity contribution is 8.00. The Morgan fingerprint density at radius 2 is 1.67 bits per heavy atom. The fourth-order valence-electron chi connectivity index (χ4n) is 3.25. The molecular formula is C22H24FN3O3S. The molecule has 1 N–H and O–H groups in total. The number of anilines is 2. The first-order valence-corrected chi connectivity index (χ1v) is 10.7. The molecule has 0 bridgehead atoms. The first kappa shape index (κ1) is 21.8. The van der Waals surface area contributed by atoms with Crippen molar-refractivity contribution in [3.05, 3.63) is 53.8 Å². The third kappa shape index (κ3) is 5.60. The molecule has 0 unspecified atom stereocenters. The van der Waals surface area contributed by atoms with Crippen molar-refractivity contribution < 1.29 is 18.8 Å². The van der Waals surface area contributed by atoms with E-state index in [0.29, 0.717) is 43.2 Å². The van der Waals surface area contributed by atoms with Crippen LogP contribution in [0.5, 0.6) is 0 Å². The van der Waals surface area contributed by atoms with Gasteiger partial charge in [-0.15, -0.1) is 11.8 Å². The molecule has 0 aromatic heterocycles. The number of nitrogens with one attached hydrogen (secondary N) is 1. The summed E-state index contributed by atoms with van der Waals surface area (Å²) >= 11 is 1.44. The maximum absolute atomic E-state index is 14.4. The number of carbonyl (C=O) groups is 3. The summed E-state index contributed by atoms with van der Waals surface area (Å²) < 4.78 is 14.4. The van der Waals surface area contributed by atoms with Gasteiger partial charge in [0.2, 0.25) is 11.8 Å². The lowest BCUT2D eigenvalue weighted by Gasteiger charge is -2.36. The summed E-state index contributed by atoms with van der Waals surface area (Å²) in [7, 11) is 0. The van der Waals surface area contributed by atoms with E-state index < -0.39 is 5.82 Å². The number of nitrogens with zero attached hydrogens (tertiary/aromatic N) is 2. The van der Waals surface area contributed by atoms with E-state index in [1.807, 2.05) is 17.0 Å². The molecule has 2 aromatic carbocycles. The Morgan fingerprint density at radius 1 is 1.00 bits per heavy atom. The molecule has 0 aliphatic carbocycles. The lowest BCUT2D eigenvalue weighted by atomic mass is 10.1. The van der Waals surface area contributed by atoms with Gasteiger partial charge in [0.1, 0.15) is 5.82 Å². The largest absolute Gasteiger partial charge is 0.366 e. The van der Waals surface area contributed by atoms with Gasteiger partial charge < -0.3 is 15.1 Å². The molecule has 1 fully saturated rings. The van der Waals surface area contributed by atoms with E-state index in [4.69, 9.17) is 0 Å². The fourth-order valence-corrected chi connectivity index (χ4v) is 4.05. The Labute approximate surface area is 179 Å². The molecule has 1 heterocycles. The molecule has 0 atom stereocenters. The molecule has 6 nitrogen and oxygen atoms in total. The van der Waals surface area contributed by atoms with Crippen molar-refractivity contribution >= 4 is 40.7 Å². The van der Waals surface area contributed by atoms with Crippen LogP contribution < -0.4 is 10.2 Å². The van der Waals surface area contributed by atoms with Crippen LogP contribution in [0.2, 0.25) is 0 Å². The zero-order valence-electron chi connectivity index (χ0n) is 17.0. The monoisotopic (exact) mass is 429 g/mol. The Kier molecular flexibility index (Phi) is 7.10. The van der Waals surface area contributed by atoms with Crippen molar-refractivity contribution in [3.8, 4) is 0 Å². The van der Waals surface area contributed by atoms with Crippen LogP contribution in [-0.2, 0) is 9.59 Å². The summed E-state index contributed by atoms with van der Waals surface area (Å²) in [5.74, 6) is -0.350. The molecule has 2 aromatic rings. The van der Waals surface area contributed by atoms with Gasteiger partial charge in [-0.1, -0.05) is 0 Å². The smallest absolute Gasteiger partial charge is 0.233 e. The highest BCUT2D eigenvalue weighted by Gasteiger charge is 2.23. The normalized spacial score (nSPS) is 13.8. The second-order valence-electron chi connectivity index (χ2n) is 7.08. The molecule has 8 heteroatoms. The first-order valence-electron chi connectivity index (χ1n) is 9.67. The molecule has 1 saturated heterocycles. The number of halogens is 1. The summed E-state index contributed by atoms with van der Waals surface area (Å²) in [5.41, 5.74) is 1.53. The van der Waals surface area contributed by atoms with Crippen LogP contribution in [0.15, 0.2) is 47.4 Å². The van der Waals surface area contributed by atoms with E-state index in [2.05, 4.69) is 5.32 Å². The number of piperazine rings is 1. The minimum atomic E-state index is -0.416. The van der Waals surface area contributed by atoms with Gasteiger partial charge in [-0.05, 0) is 49.4 Å². The number of ketones is 1. The number of thioether (sulfide) groups is 1. The van der Waals surface area contributed by atoms with Crippen LogP contribution in [-0.4, -0.2) is 54.4 Å². The molecule has 0 saturated carbocycles. The van der Waals surface area contributed by atoms with Crippen LogP contribution in [0.3, 0.4) is 0 Å².